The van der Waals surface area contributed by atoms with Crippen molar-refractivity contribution in [3.63, 3.8) is 0 Å². The van der Waals surface area contributed by atoms with Gasteiger partial charge in [0.05, 0.1) is 6.26 Å². The van der Waals surface area contributed by atoms with Gasteiger partial charge < -0.3 is 14.9 Å². The van der Waals surface area contributed by atoms with Crippen LogP contribution >= 0.6 is 39.1 Å². The molecule has 0 spiro atoms. The number of carbonyl (C=O) groups is 1. The van der Waals surface area contributed by atoms with Crippen LogP contribution in [0.15, 0.2) is 85.1 Å². The van der Waals surface area contributed by atoms with Crippen LogP contribution in [0, 0.1) is 0 Å². The zero-order valence-electron chi connectivity index (χ0n) is 16.6. The number of ether oxygens (including phenoxy) is 1. The number of halogens is 3. The van der Waals surface area contributed by atoms with Crippen LogP contribution in [0.4, 0.5) is 0 Å². The number of hydrogen-bond acceptors (Lipinski definition) is 4. The summed E-state index contributed by atoms with van der Waals surface area (Å²) < 4.78 is 5.40. The molecule has 0 saturated heterocycles. The molecule has 0 bridgehead atoms. The zero-order valence-corrected chi connectivity index (χ0v) is 19.7. The minimum absolute atomic E-state index is 0.219. The molecule has 0 radical (unpaired) electrons. The molecule has 0 atom stereocenters. The summed E-state index contributed by atoms with van der Waals surface area (Å²) in [6, 6.07) is 21.5. The summed E-state index contributed by atoms with van der Waals surface area (Å²) in [5, 5.41) is 21.9. The number of aliphatic hydroxyl groups excluding tert-OH is 1. The smallest absolute Gasteiger partial charge is 0.348 e. The van der Waals surface area contributed by atoms with Crippen molar-refractivity contribution < 1.29 is 19.7 Å². The third-order valence-electron chi connectivity index (χ3n) is 4.48. The highest BCUT2D eigenvalue weighted by Gasteiger charge is 2.42. The molecule has 0 aromatic heterocycles. The van der Waals surface area contributed by atoms with Crippen molar-refractivity contribution in [2.45, 2.75) is 5.60 Å². The summed E-state index contributed by atoms with van der Waals surface area (Å²) >= 11 is 14.8. The average molecular weight is 524 g/mol. The van der Waals surface area contributed by atoms with E-state index in [1.165, 1.54) is 0 Å². The van der Waals surface area contributed by atoms with Crippen molar-refractivity contribution >= 4 is 50.7 Å². The third kappa shape index (κ3) is 6.11. The van der Waals surface area contributed by atoms with Crippen LogP contribution in [-0.2, 0) is 15.1 Å². The highest BCUT2D eigenvalue weighted by molar-refractivity contribution is 9.08. The SMILES string of the molecule is CBr.O=C(OCC(=CO)c1ccccc1)C(O)(c1ccc(Cl)cc1)c1ccc(Cl)cc1. The topological polar surface area (TPSA) is 66.8 Å². The fourth-order valence-electron chi connectivity index (χ4n) is 2.88. The Morgan fingerprint density at radius 2 is 1.35 bits per heavy atom. The van der Waals surface area contributed by atoms with Crippen LogP contribution in [0.1, 0.15) is 16.7 Å². The lowest BCUT2D eigenvalue weighted by Gasteiger charge is -2.27. The number of aliphatic hydroxyl groups is 2. The number of benzene rings is 3. The Hall–Kier alpha value is -2.31. The highest BCUT2D eigenvalue weighted by atomic mass is 79.9. The predicted molar refractivity (Wildman–Crippen MR) is 129 cm³/mol. The van der Waals surface area contributed by atoms with Crippen LogP contribution in [0.25, 0.3) is 5.57 Å². The maximum Gasteiger partial charge on any atom is 0.348 e. The zero-order chi connectivity index (χ0) is 22.9. The number of rotatable bonds is 6. The molecule has 0 aliphatic carbocycles. The van der Waals surface area contributed by atoms with Gasteiger partial charge >= 0.3 is 5.97 Å². The van der Waals surface area contributed by atoms with Crippen LogP contribution in [-0.4, -0.2) is 28.6 Å². The van der Waals surface area contributed by atoms with Gasteiger partial charge in [0, 0.05) is 15.6 Å². The quantitative estimate of drug-likeness (QED) is 0.223. The standard InChI is InChI=1S/C23H18Cl2O4.CH3Br/c24-20-10-6-18(7-11-20)23(28,19-8-12-21(25)13-9-19)22(27)29-15-17(14-26)16-4-2-1-3-5-16;1-2/h1-14,26,28H,15H2;1H3. The molecule has 0 heterocycles. The van der Waals surface area contributed by atoms with E-state index in [1.54, 1.807) is 72.8 Å². The number of hydrogen-bond donors (Lipinski definition) is 2. The molecule has 0 amide bonds. The van der Waals surface area contributed by atoms with Gasteiger partial charge in [-0.25, -0.2) is 4.79 Å². The number of alkyl halides is 1. The summed E-state index contributed by atoms with van der Waals surface area (Å²) in [7, 11) is 0. The van der Waals surface area contributed by atoms with E-state index in [2.05, 4.69) is 15.9 Å². The molecule has 4 nitrogen and oxygen atoms in total. The molecule has 7 heteroatoms. The number of carbonyl (C=O) groups excluding carboxylic acids is 1. The lowest BCUT2D eigenvalue weighted by molar-refractivity contribution is -0.160. The van der Waals surface area contributed by atoms with Crippen molar-refractivity contribution in [2.24, 2.45) is 0 Å². The molecule has 0 aliphatic heterocycles. The van der Waals surface area contributed by atoms with Gasteiger partial charge in [-0.1, -0.05) is 93.7 Å². The van der Waals surface area contributed by atoms with Crippen molar-refractivity contribution in [3.05, 3.63) is 112 Å². The minimum Gasteiger partial charge on any atom is -0.515 e. The summed E-state index contributed by atoms with van der Waals surface area (Å²) in [6.45, 7) is -0.219. The number of esters is 1. The van der Waals surface area contributed by atoms with Gasteiger partial charge in [-0.05, 0) is 46.8 Å². The molecule has 3 rings (SSSR count). The van der Waals surface area contributed by atoms with Crippen molar-refractivity contribution in [3.8, 4) is 0 Å². The van der Waals surface area contributed by atoms with Gasteiger partial charge in [-0.3, -0.25) is 0 Å². The van der Waals surface area contributed by atoms with E-state index < -0.39 is 11.6 Å². The molecule has 0 aliphatic rings. The first-order valence-electron chi connectivity index (χ1n) is 9.13. The van der Waals surface area contributed by atoms with Crippen LogP contribution < -0.4 is 0 Å². The minimum atomic E-state index is -2.08. The predicted octanol–water partition coefficient (Wildman–Crippen LogP) is 6.38. The van der Waals surface area contributed by atoms with E-state index in [-0.39, 0.29) is 6.61 Å². The first-order valence-corrected chi connectivity index (χ1v) is 11.5. The Labute approximate surface area is 199 Å². The first-order chi connectivity index (χ1) is 14.9. The Kier molecular flexibility index (Phi) is 9.59. The fraction of sp³-hybridized carbons (Fsp3) is 0.125. The van der Waals surface area contributed by atoms with E-state index in [0.29, 0.717) is 32.3 Å². The van der Waals surface area contributed by atoms with Crippen LogP contribution in [0.5, 0.6) is 0 Å². The van der Waals surface area contributed by atoms with Gasteiger partial charge in [-0.15, -0.1) is 0 Å². The normalized spacial score (nSPS) is 11.3. The monoisotopic (exact) mass is 522 g/mol. The first kappa shape index (κ1) is 25.0. The van der Waals surface area contributed by atoms with E-state index in [4.69, 9.17) is 27.9 Å². The van der Waals surface area contributed by atoms with E-state index in [0.717, 1.165) is 6.26 Å². The second kappa shape index (κ2) is 11.9. The average Bonchev–Trinajstić information content (AvgIpc) is 2.81. The molecular formula is C24H21BrCl2O4. The van der Waals surface area contributed by atoms with Crippen molar-refractivity contribution in [1.29, 1.82) is 0 Å². The van der Waals surface area contributed by atoms with Gasteiger partial charge in [0.25, 0.3) is 0 Å². The molecule has 0 saturated carbocycles. The molecule has 0 unspecified atom stereocenters. The fourth-order valence-corrected chi connectivity index (χ4v) is 3.13. The van der Waals surface area contributed by atoms with Gasteiger partial charge in [-0.2, -0.15) is 0 Å². The maximum absolute atomic E-state index is 13.0. The summed E-state index contributed by atoms with van der Waals surface area (Å²) in [5.74, 6) is 0.921. The molecular weight excluding hydrogens is 503 g/mol. The summed E-state index contributed by atoms with van der Waals surface area (Å²) in [4.78, 5) is 13.0. The molecule has 3 aromatic rings. The Balaban J connectivity index is 0.00000166. The summed E-state index contributed by atoms with van der Waals surface area (Å²) in [6.07, 6.45) is 0.881. The van der Waals surface area contributed by atoms with Gasteiger partial charge in [0.15, 0.2) is 0 Å². The van der Waals surface area contributed by atoms with Crippen molar-refractivity contribution in [1.82, 2.24) is 0 Å². The van der Waals surface area contributed by atoms with E-state index in [1.807, 2.05) is 11.9 Å². The third-order valence-corrected chi connectivity index (χ3v) is 4.98. The van der Waals surface area contributed by atoms with Crippen LogP contribution in [0.3, 0.4) is 0 Å². The second-order valence-electron chi connectivity index (χ2n) is 6.32. The Morgan fingerprint density at radius 1 is 0.903 bits per heavy atom. The molecule has 2 N–H and O–H groups in total. The van der Waals surface area contributed by atoms with Gasteiger partial charge in [0.1, 0.15) is 6.61 Å². The van der Waals surface area contributed by atoms with Crippen molar-refractivity contribution in [2.75, 3.05) is 12.4 Å². The molecule has 162 valence electrons. The molecule has 0 fully saturated rings. The Morgan fingerprint density at radius 3 is 1.77 bits per heavy atom. The Bertz CT molecular complexity index is 959. The van der Waals surface area contributed by atoms with E-state index in [9.17, 15) is 15.0 Å². The maximum atomic E-state index is 13.0. The second-order valence-corrected chi connectivity index (χ2v) is 7.19. The lowest BCUT2D eigenvalue weighted by atomic mass is 9.86. The summed E-state index contributed by atoms with van der Waals surface area (Å²) in [5.41, 5.74) is -0.392. The molecule has 31 heavy (non-hydrogen) atoms. The largest absolute Gasteiger partial charge is 0.515 e. The van der Waals surface area contributed by atoms with Crippen LogP contribution in [0.2, 0.25) is 10.0 Å². The van der Waals surface area contributed by atoms with Gasteiger partial charge in [0.2, 0.25) is 5.60 Å². The van der Waals surface area contributed by atoms with E-state index >= 15 is 0 Å². The molecule has 3 aromatic carbocycles. The lowest BCUT2D eigenvalue weighted by Crippen LogP contribution is -2.38. The highest BCUT2D eigenvalue weighted by Crippen LogP contribution is 2.33.